The van der Waals surface area contributed by atoms with Gasteiger partial charge in [0.1, 0.15) is 10.8 Å². The summed E-state index contributed by atoms with van der Waals surface area (Å²) in [5.41, 5.74) is 3.25. The second-order valence-electron chi connectivity index (χ2n) is 6.62. The van der Waals surface area contributed by atoms with E-state index in [2.05, 4.69) is 15.3 Å². The summed E-state index contributed by atoms with van der Waals surface area (Å²) >= 11 is 12.1. The third-order valence-electron chi connectivity index (χ3n) is 4.70. The van der Waals surface area contributed by atoms with E-state index in [0.29, 0.717) is 38.7 Å². The summed E-state index contributed by atoms with van der Waals surface area (Å²) in [5.74, 6) is -0.171. The molecule has 0 saturated carbocycles. The number of hydrogen-bond donors (Lipinski definition) is 4. The Bertz CT molecular complexity index is 1070. The van der Waals surface area contributed by atoms with Crippen molar-refractivity contribution in [2.45, 2.75) is 19.6 Å². The fraction of sp³-hybridized carbons (Fsp3) is 0.238. The van der Waals surface area contributed by atoms with Crippen LogP contribution in [-0.2, 0) is 6.61 Å². The number of ether oxygens (including phenoxy) is 1. The number of nitrogens with zero attached hydrogens (tertiary/aromatic N) is 1. The van der Waals surface area contributed by atoms with E-state index in [-0.39, 0.29) is 24.1 Å². The van der Waals surface area contributed by atoms with E-state index in [4.69, 9.17) is 27.9 Å². The zero-order valence-electron chi connectivity index (χ0n) is 16.4. The predicted octanol–water partition coefficient (Wildman–Crippen LogP) is 3.66. The van der Waals surface area contributed by atoms with Crippen molar-refractivity contribution < 1.29 is 19.7 Å². The molecule has 7 nitrogen and oxygen atoms in total. The van der Waals surface area contributed by atoms with Crippen LogP contribution in [-0.4, -0.2) is 39.8 Å². The highest BCUT2D eigenvalue weighted by molar-refractivity contribution is 6.30. The van der Waals surface area contributed by atoms with Crippen molar-refractivity contribution in [2.24, 2.45) is 0 Å². The number of amides is 1. The molecule has 0 aliphatic heterocycles. The van der Waals surface area contributed by atoms with Gasteiger partial charge in [0.15, 0.2) is 5.75 Å². The number of aromatic amines is 1. The van der Waals surface area contributed by atoms with Gasteiger partial charge >= 0.3 is 0 Å². The van der Waals surface area contributed by atoms with Gasteiger partial charge in [0.05, 0.1) is 26.4 Å². The number of aromatic nitrogens is 2. The van der Waals surface area contributed by atoms with Gasteiger partial charge in [0.25, 0.3) is 5.91 Å². The number of rotatable bonds is 7. The molecule has 2 aromatic heterocycles. The minimum Gasteiger partial charge on any atom is -0.494 e. The lowest BCUT2D eigenvalue weighted by Crippen LogP contribution is -2.31. The number of benzene rings is 1. The molecule has 9 heteroatoms. The molecule has 0 radical (unpaired) electrons. The van der Waals surface area contributed by atoms with Crippen molar-refractivity contribution in [3.63, 3.8) is 0 Å². The normalized spacial score (nSPS) is 11.9. The molecule has 0 fully saturated rings. The van der Waals surface area contributed by atoms with E-state index in [0.717, 1.165) is 0 Å². The first-order valence-corrected chi connectivity index (χ1v) is 9.84. The average Bonchev–Trinajstić information content (AvgIpc) is 3.07. The lowest BCUT2D eigenvalue weighted by Gasteiger charge is -2.17. The second kappa shape index (κ2) is 9.49. The van der Waals surface area contributed by atoms with Gasteiger partial charge in [0.2, 0.25) is 0 Å². The van der Waals surface area contributed by atoms with Gasteiger partial charge in [-0.3, -0.25) is 4.79 Å². The van der Waals surface area contributed by atoms with Gasteiger partial charge in [-0.2, -0.15) is 0 Å². The lowest BCUT2D eigenvalue weighted by molar-refractivity contribution is 0.0908. The van der Waals surface area contributed by atoms with Crippen LogP contribution in [0.3, 0.4) is 0 Å². The van der Waals surface area contributed by atoms with Gasteiger partial charge in [-0.15, -0.1) is 0 Å². The van der Waals surface area contributed by atoms with E-state index in [1.54, 1.807) is 37.3 Å². The topological polar surface area (TPSA) is 107 Å². The molecule has 3 aromatic rings. The van der Waals surface area contributed by atoms with Gasteiger partial charge in [-0.1, -0.05) is 35.3 Å². The molecular weight excluding hydrogens is 429 g/mol. The summed E-state index contributed by atoms with van der Waals surface area (Å²) in [6.45, 7) is 1.22. The van der Waals surface area contributed by atoms with Crippen molar-refractivity contribution in [3.05, 3.63) is 69.2 Å². The Labute approximate surface area is 183 Å². The molecule has 158 valence electrons. The number of aliphatic hydroxyl groups is 2. The minimum absolute atomic E-state index is 0.183. The van der Waals surface area contributed by atoms with Gasteiger partial charge in [-0.25, -0.2) is 4.98 Å². The SMILES string of the molecule is COc1c(C(=O)N[C@H](CO)c2cccc(Cl)c2)[nH]c(C)c1-c1cc(Cl)ncc1CO. The molecule has 3 rings (SSSR count). The molecule has 0 bridgehead atoms. The lowest BCUT2D eigenvalue weighted by atomic mass is 10.0. The summed E-state index contributed by atoms with van der Waals surface area (Å²) in [5, 5.41) is 23.0. The minimum atomic E-state index is -0.656. The Kier molecular flexibility index (Phi) is 6.99. The highest BCUT2D eigenvalue weighted by Gasteiger charge is 2.26. The molecule has 0 aliphatic rings. The van der Waals surface area contributed by atoms with E-state index in [1.807, 2.05) is 0 Å². The zero-order valence-corrected chi connectivity index (χ0v) is 17.9. The Morgan fingerprint density at radius 1 is 1.30 bits per heavy atom. The Morgan fingerprint density at radius 3 is 2.70 bits per heavy atom. The van der Waals surface area contributed by atoms with Crippen LogP contribution in [0.1, 0.15) is 33.4 Å². The molecule has 1 aromatic carbocycles. The monoisotopic (exact) mass is 449 g/mol. The number of halogens is 2. The number of pyridine rings is 1. The highest BCUT2D eigenvalue weighted by Crippen LogP contribution is 2.39. The highest BCUT2D eigenvalue weighted by atomic mass is 35.5. The van der Waals surface area contributed by atoms with Crippen LogP contribution in [0.15, 0.2) is 36.5 Å². The van der Waals surface area contributed by atoms with Crippen molar-refractivity contribution in [1.29, 1.82) is 0 Å². The van der Waals surface area contributed by atoms with Crippen LogP contribution in [0.25, 0.3) is 11.1 Å². The van der Waals surface area contributed by atoms with Crippen molar-refractivity contribution in [3.8, 4) is 16.9 Å². The number of nitrogens with one attached hydrogen (secondary N) is 2. The fourth-order valence-corrected chi connectivity index (χ4v) is 3.65. The van der Waals surface area contributed by atoms with Gasteiger partial charge in [0, 0.05) is 28.0 Å². The van der Waals surface area contributed by atoms with Crippen LogP contribution < -0.4 is 10.1 Å². The molecule has 0 unspecified atom stereocenters. The largest absolute Gasteiger partial charge is 0.494 e. The predicted molar refractivity (Wildman–Crippen MR) is 115 cm³/mol. The Hall–Kier alpha value is -2.58. The van der Waals surface area contributed by atoms with Gasteiger partial charge < -0.3 is 25.3 Å². The van der Waals surface area contributed by atoms with Gasteiger partial charge in [-0.05, 0) is 36.2 Å². The first-order valence-electron chi connectivity index (χ1n) is 9.09. The maximum Gasteiger partial charge on any atom is 0.272 e. The third-order valence-corrected chi connectivity index (χ3v) is 5.15. The number of methoxy groups -OCH3 is 1. The molecule has 2 heterocycles. The molecular formula is C21H21Cl2N3O4. The third kappa shape index (κ3) is 4.44. The number of carbonyl (C=O) groups excluding carboxylic acids is 1. The standard InChI is InChI=1S/C21H21Cl2N3O4/c1-11-18(15-7-17(23)24-8-13(15)9-27)20(30-2)19(25-11)21(29)26-16(10-28)12-4-3-5-14(22)6-12/h3-8,16,25,27-28H,9-10H2,1-2H3,(H,26,29)/t16-/m1/s1. The maximum absolute atomic E-state index is 13.0. The molecule has 0 saturated heterocycles. The van der Waals surface area contributed by atoms with E-state index < -0.39 is 11.9 Å². The van der Waals surface area contributed by atoms with Crippen LogP contribution in [0, 0.1) is 6.92 Å². The van der Waals surface area contributed by atoms with Crippen molar-refractivity contribution in [1.82, 2.24) is 15.3 Å². The summed E-state index contributed by atoms with van der Waals surface area (Å²) in [7, 11) is 1.45. The first-order chi connectivity index (χ1) is 14.4. The molecule has 1 amide bonds. The average molecular weight is 450 g/mol. The fourth-order valence-electron chi connectivity index (χ4n) is 3.30. The molecule has 30 heavy (non-hydrogen) atoms. The Morgan fingerprint density at radius 2 is 2.07 bits per heavy atom. The maximum atomic E-state index is 13.0. The summed E-state index contributed by atoms with van der Waals surface area (Å²) < 4.78 is 5.53. The molecule has 1 atom stereocenters. The van der Waals surface area contributed by atoms with Crippen LogP contribution >= 0.6 is 23.2 Å². The van der Waals surface area contributed by atoms with E-state index >= 15 is 0 Å². The summed E-state index contributed by atoms with van der Waals surface area (Å²) in [4.78, 5) is 20.0. The molecule has 0 aliphatic carbocycles. The number of carbonyl (C=O) groups is 1. The first kappa shape index (κ1) is 22.1. The van der Waals surface area contributed by atoms with Crippen molar-refractivity contribution in [2.75, 3.05) is 13.7 Å². The van der Waals surface area contributed by atoms with E-state index in [1.165, 1.54) is 13.3 Å². The van der Waals surface area contributed by atoms with E-state index in [9.17, 15) is 15.0 Å². The summed E-state index contributed by atoms with van der Waals surface area (Å²) in [6, 6.07) is 7.85. The number of H-pyrrole nitrogens is 1. The quantitative estimate of drug-likeness (QED) is 0.411. The number of aliphatic hydroxyl groups excluding tert-OH is 2. The smallest absolute Gasteiger partial charge is 0.272 e. The molecule has 4 N–H and O–H groups in total. The Balaban J connectivity index is 2.00. The van der Waals surface area contributed by atoms with Crippen molar-refractivity contribution >= 4 is 29.1 Å². The number of aryl methyl sites for hydroxylation is 1. The second-order valence-corrected chi connectivity index (χ2v) is 7.44. The van der Waals surface area contributed by atoms with Crippen LogP contribution in [0.4, 0.5) is 0 Å². The van der Waals surface area contributed by atoms with Crippen LogP contribution in [0.5, 0.6) is 5.75 Å². The number of hydrogen-bond acceptors (Lipinski definition) is 5. The van der Waals surface area contributed by atoms with Crippen LogP contribution in [0.2, 0.25) is 10.2 Å². The summed E-state index contributed by atoms with van der Waals surface area (Å²) in [6.07, 6.45) is 1.48. The zero-order chi connectivity index (χ0) is 21.8. The molecule has 0 spiro atoms.